The molecule has 0 amide bonds. The highest BCUT2D eigenvalue weighted by atomic mass is 79.9. The molecule has 1 aliphatic rings. The predicted molar refractivity (Wildman–Crippen MR) is 76.6 cm³/mol. The van der Waals surface area contributed by atoms with Gasteiger partial charge in [-0.1, -0.05) is 19.3 Å². The molecule has 0 aromatic carbocycles. The number of aromatic nitrogens is 1. The third kappa shape index (κ3) is 3.01. The molecule has 1 saturated carbocycles. The van der Waals surface area contributed by atoms with Crippen molar-refractivity contribution in [3.05, 3.63) is 22.3 Å². The molecule has 3 heteroatoms. The topological polar surface area (TPSA) is 16.1 Å². The number of pyridine rings is 1. The molecule has 17 heavy (non-hydrogen) atoms. The summed E-state index contributed by atoms with van der Waals surface area (Å²) >= 11 is 3.48. The molecule has 2 rings (SSSR count). The highest BCUT2D eigenvalue weighted by molar-refractivity contribution is 9.10. The van der Waals surface area contributed by atoms with Gasteiger partial charge in [0.1, 0.15) is 5.82 Å². The van der Waals surface area contributed by atoms with Crippen LogP contribution >= 0.6 is 15.9 Å². The summed E-state index contributed by atoms with van der Waals surface area (Å²) in [5.41, 5.74) is 1.27. The lowest BCUT2D eigenvalue weighted by Gasteiger charge is -2.35. The number of halogens is 1. The van der Waals surface area contributed by atoms with Crippen molar-refractivity contribution in [2.75, 3.05) is 11.4 Å². The van der Waals surface area contributed by atoms with Crippen molar-refractivity contribution in [2.45, 2.75) is 52.0 Å². The fraction of sp³-hybridized carbons (Fsp3) is 0.643. The van der Waals surface area contributed by atoms with Crippen LogP contribution in [0.5, 0.6) is 0 Å². The highest BCUT2D eigenvalue weighted by Gasteiger charge is 2.22. The summed E-state index contributed by atoms with van der Waals surface area (Å²) in [6.07, 6.45) is 8.71. The van der Waals surface area contributed by atoms with Crippen molar-refractivity contribution in [1.82, 2.24) is 4.98 Å². The molecule has 1 aromatic rings. The van der Waals surface area contributed by atoms with Gasteiger partial charge in [-0.25, -0.2) is 4.98 Å². The van der Waals surface area contributed by atoms with Crippen LogP contribution in [0.4, 0.5) is 5.82 Å². The van der Waals surface area contributed by atoms with Gasteiger partial charge in [0.15, 0.2) is 0 Å². The predicted octanol–water partition coefficient (Wildman–Crippen LogP) is 4.31. The molecule has 1 fully saturated rings. The van der Waals surface area contributed by atoms with E-state index in [1.165, 1.54) is 43.5 Å². The van der Waals surface area contributed by atoms with Crippen LogP contribution in [0.1, 0.15) is 44.6 Å². The fourth-order valence-electron chi connectivity index (χ4n) is 2.81. The zero-order valence-electron chi connectivity index (χ0n) is 10.7. The highest BCUT2D eigenvalue weighted by Crippen LogP contribution is 2.28. The summed E-state index contributed by atoms with van der Waals surface area (Å²) in [5.74, 6) is 1.17. The number of anilines is 1. The first-order valence-corrected chi connectivity index (χ1v) is 7.40. The summed E-state index contributed by atoms with van der Waals surface area (Å²) in [5, 5.41) is 0. The van der Waals surface area contributed by atoms with Crippen molar-refractivity contribution >= 4 is 21.7 Å². The molecular weight excluding hydrogens is 276 g/mol. The molecule has 0 atom stereocenters. The van der Waals surface area contributed by atoms with E-state index >= 15 is 0 Å². The average molecular weight is 297 g/mol. The Morgan fingerprint density at radius 3 is 2.65 bits per heavy atom. The molecule has 2 nitrogen and oxygen atoms in total. The molecule has 0 spiro atoms. The Bertz CT molecular complexity index is 372. The van der Waals surface area contributed by atoms with E-state index in [-0.39, 0.29) is 0 Å². The van der Waals surface area contributed by atoms with Crippen LogP contribution in [0.25, 0.3) is 0 Å². The molecule has 0 N–H and O–H groups in total. The Kier molecular flexibility index (Phi) is 4.43. The zero-order chi connectivity index (χ0) is 12.3. The summed E-state index contributed by atoms with van der Waals surface area (Å²) in [7, 11) is 0. The van der Waals surface area contributed by atoms with Crippen molar-refractivity contribution in [3.63, 3.8) is 0 Å². The van der Waals surface area contributed by atoms with E-state index in [9.17, 15) is 0 Å². The molecule has 0 radical (unpaired) electrons. The molecule has 0 bridgehead atoms. The average Bonchev–Trinajstić information content (AvgIpc) is 2.34. The third-order valence-electron chi connectivity index (χ3n) is 3.65. The lowest BCUT2D eigenvalue weighted by Crippen LogP contribution is -2.37. The summed E-state index contributed by atoms with van der Waals surface area (Å²) in [6.45, 7) is 5.44. The number of hydrogen-bond donors (Lipinski definition) is 0. The second kappa shape index (κ2) is 5.85. The second-order valence-corrected chi connectivity index (χ2v) is 5.79. The third-order valence-corrected chi connectivity index (χ3v) is 4.08. The van der Waals surface area contributed by atoms with Gasteiger partial charge in [-0.05, 0) is 54.2 Å². The quantitative estimate of drug-likeness (QED) is 0.826. The molecule has 94 valence electrons. The van der Waals surface area contributed by atoms with E-state index < -0.39 is 0 Å². The van der Waals surface area contributed by atoms with Gasteiger partial charge in [0, 0.05) is 23.3 Å². The van der Waals surface area contributed by atoms with E-state index in [0.29, 0.717) is 6.04 Å². The SMILES string of the molecule is CCN(c1ncc(Br)cc1C)C1CCCCC1. The van der Waals surface area contributed by atoms with Crippen molar-refractivity contribution in [3.8, 4) is 0 Å². The minimum atomic E-state index is 0.695. The Morgan fingerprint density at radius 2 is 2.06 bits per heavy atom. The van der Waals surface area contributed by atoms with Gasteiger partial charge in [0.05, 0.1) is 0 Å². The maximum atomic E-state index is 4.60. The summed E-state index contributed by atoms with van der Waals surface area (Å²) in [6, 6.07) is 2.86. The standard InChI is InChI=1S/C14H21BrN2/c1-3-17(13-7-5-4-6-8-13)14-11(2)9-12(15)10-16-14/h9-10,13H,3-8H2,1-2H3. The smallest absolute Gasteiger partial charge is 0.131 e. The lowest BCUT2D eigenvalue weighted by atomic mass is 9.94. The van der Waals surface area contributed by atoms with Crippen molar-refractivity contribution in [2.24, 2.45) is 0 Å². The normalized spacial score (nSPS) is 17.1. The first kappa shape index (κ1) is 12.9. The first-order valence-electron chi connectivity index (χ1n) is 6.61. The van der Waals surface area contributed by atoms with E-state index in [1.54, 1.807) is 0 Å². The van der Waals surface area contributed by atoms with Crippen LogP contribution in [0, 0.1) is 6.92 Å². The van der Waals surface area contributed by atoms with Crippen LogP contribution in [0.2, 0.25) is 0 Å². The van der Waals surface area contributed by atoms with E-state index in [0.717, 1.165) is 11.0 Å². The number of rotatable bonds is 3. The Morgan fingerprint density at radius 1 is 1.35 bits per heavy atom. The van der Waals surface area contributed by atoms with E-state index in [4.69, 9.17) is 0 Å². The summed E-state index contributed by atoms with van der Waals surface area (Å²) in [4.78, 5) is 7.09. The minimum Gasteiger partial charge on any atom is -0.354 e. The van der Waals surface area contributed by atoms with Gasteiger partial charge in [-0.15, -0.1) is 0 Å². The Labute approximate surface area is 113 Å². The van der Waals surface area contributed by atoms with Gasteiger partial charge in [0.2, 0.25) is 0 Å². The molecule has 1 aliphatic carbocycles. The first-order chi connectivity index (χ1) is 8.22. The molecule has 0 aliphatic heterocycles. The van der Waals surface area contributed by atoms with Crippen LogP contribution in [0.3, 0.4) is 0 Å². The Balaban J connectivity index is 2.21. The second-order valence-electron chi connectivity index (χ2n) is 4.87. The van der Waals surface area contributed by atoms with Gasteiger partial charge < -0.3 is 4.90 Å². The molecule has 0 saturated heterocycles. The van der Waals surface area contributed by atoms with Crippen LogP contribution in [-0.4, -0.2) is 17.6 Å². The van der Waals surface area contributed by atoms with E-state index in [1.807, 2.05) is 6.20 Å². The number of hydrogen-bond acceptors (Lipinski definition) is 2. The van der Waals surface area contributed by atoms with Crippen LogP contribution in [-0.2, 0) is 0 Å². The monoisotopic (exact) mass is 296 g/mol. The zero-order valence-corrected chi connectivity index (χ0v) is 12.3. The summed E-state index contributed by atoms with van der Waals surface area (Å²) < 4.78 is 1.07. The maximum Gasteiger partial charge on any atom is 0.131 e. The Hall–Kier alpha value is -0.570. The molecular formula is C14H21BrN2. The van der Waals surface area contributed by atoms with Gasteiger partial charge in [-0.2, -0.15) is 0 Å². The van der Waals surface area contributed by atoms with Crippen molar-refractivity contribution in [1.29, 1.82) is 0 Å². The van der Waals surface area contributed by atoms with Crippen LogP contribution < -0.4 is 4.90 Å². The van der Waals surface area contributed by atoms with Crippen molar-refractivity contribution < 1.29 is 0 Å². The van der Waals surface area contributed by atoms with Crippen LogP contribution in [0.15, 0.2) is 16.7 Å². The number of aryl methyl sites for hydroxylation is 1. The lowest BCUT2D eigenvalue weighted by molar-refractivity contribution is 0.416. The van der Waals surface area contributed by atoms with Gasteiger partial charge in [0.25, 0.3) is 0 Å². The fourth-order valence-corrected chi connectivity index (χ4v) is 3.25. The molecule has 0 unspecified atom stereocenters. The number of nitrogens with zero attached hydrogens (tertiary/aromatic N) is 2. The van der Waals surface area contributed by atoms with Gasteiger partial charge >= 0.3 is 0 Å². The maximum absolute atomic E-state index is 4.60. The molecule has 1 aromatic heterocycles. The van der Waals surface area contributed by atoms with E-state index in [2.05, 4.69) is 45.7 Å². The van der Waals surface area contributed by atoms with Gasteiger partial charge in [-0.3, -0.25) is 0 Å². The largest absolute Gasteiger partial charge is 0.354 e. The minimum absolute atomic E-state index is 0.695. The molecule has 1 heterocycles.